The lowest BCUT2D eigenvalue weighted by atomic mass is 10.1. The van der Waals surface area contributed by atoms with Crippen LogP contribution in [0.1, 0.15) is 31.4 Å². The van der Waals surface area contributed by atoms with Crippen LogP contribution in [0.3, 0.4) is 0 Å². The molecule has 1 rings (SSSR count). The smallest absolute Gasteiger partial charge is 0.186 e. The normalized spacial score (nSPS) is 11.1. The van der Waals surface area contributed by atoms with Crippen molar-refractivity contribution in [1.29, 1.82) is 0 Å². The largest absolute Gasteiger partial charge is 0.362 e. The summed E-state index contributed by atoms with van der Waals surface area (Å²) >= 11 is 5.06. The quantitative estimate of drug-likeness (QED) is 0.489. The van der Waals surface area contributed by atoms with Crippen molar-refractivity contribution in [3.05, 3.63) is 35.4 Å². The van der Waals surface area contributed by atoms with E-state index < -0.39 is 0 Å². The molecule has 3 nitrogen and oxygen atoms in total. The molecule has 4 heteroatoms. The lowest BCUT2D eigenvalue weighted by Crippen LogP contribution is -2.32. The fourth-order valence-electron chi connectivity index (χ4n) is 1.41. The van der Waals surface area contributed by atoms with Crippen LogP contribution in [0.4, 0.5) is 0 Å². The molecule has 0 saturated heterocycles. The Hall–Kier alpha value is -1.42. The van der Waals surface area contributed by atoms with Gasteiger partial charge in [0.1, 0.15) is 0 Å². The zero-order chi connectivity index (χ0) is 12.7. The van der Waals surface area contributed by atoms with Gasteiger partial charge in [0.2, 0.25) is 0 Å². The molecular formula is C13H19N3S. The number of aryl methyl sites for hydroxylation is 1. The van der Waals surface area contributed by atoms with Gasteiger partial charge < -0.3 is 5.32 Å². The number of nitrogens with zero attached hydrogens (tertiary/aromatic N) is 1. The van der Waals surface area contributed by atoms with Gasteiger partial charge in [-0.3, -0.25) is 5.43 Å². The number of nitrogens with one attached hydrogen (secondary N) is 2. The molecule has 0 bridgehead atoms. The summed E-state index contributed by atoms with van der Waals surface area (Å²) in [5.74, 6) is 0. The third kappa shape index (κ3) is 4.53. The van der Waals surface area contributed by atoms with Gasteiger partial charge in [0.15, 0.2) is 5.11 Å². The van der Waals surface area contributed by atoms with E-state index in [1.165, 1.54) is 5.56 Å². The molecule has 0 saturated carbocycles. The van der Waals surface area contributed by atoms with Gasteiger partial charge in [0.25, 0.3) is 0 Å². The van der Waals surface area contributed by atoms with Crippen molar-refractivity contribution in [2.75, 3.05) is 6.54 Å². The molecule has 0 aliphatic carbocycles. The summed E-state index contributed by atoms with van der Waals surface area (Å²) in [6.45, 7) is 6.95. The van der Waals surface area contributed by atoms with Gasteiger partial charge in [0.05, 0.1) is 5.71 Å². The van der Waals surface area contributed by atoms with Crippen LogP contribution in [0.15, 0.2) is 29.4 Å². The number of rotatable bonds is 4. The molecule has 17 heavy (non-hydrogen) atoms. The first-order chi connectivity index (χ1) is 8.17. The summed E-state index contributed by atoms with van der Waals surface area (Å²) in [5.41, 5.74) is 6.24. The molecule has 0 atom stereocenters. The first kappa shape index (κ1) is 13.6. The SMILES string of the molecule is CCNC(=S)N/N=C(/CC)c1ccc(C)cc1. The van der Waals surface area contributed by atoms with E-state index in [9.17, 15) is 0 Å². The average molecular weight is 249 g/mol. The number of benzene rings is 1. The highest BCUT2D eigenvalue weighted by Gasteiger charge is 2.01. The van der Waals surface area contributed by atoms with Crippen molar-refractivity contribution < 1.29 is 0 Å². The Balaban J connectivity index is 2.73. The molecule has 0 aromatic heterocycles. The van der Waals surface area contributed by atoms with E-state index in [4.69, 9.17) is 12.2 Å². The van der Waals surface area contributed by atoms with Crippen LogP contribution in [0.5, 0.6) is 0 Å². The van der Waals surface area contributed by atoms with Gasteiger partial charge in [-0.15, -0.1) is 0 Å². The molecule has 0 aliphatic heterocycles. The van der Waals surface area contributed by atoms with Crippen LogP contribution in [0.2, 0.25) is 0 Å². The lowest BCUT2D eigenvalue weighted by molar-refractivity contribution is 0.897. The molecule has 1 aromatic carbocycles. The van der Waals surface area contributed by atoms with Crippen molar-refractivity contribution in [3.8, 4) is 0 Å². The second-order valence-electron chi connectivity index (χ2n) is 3.75. The van der Waals surface area contributed by atoms with Gasteiger partial charge >= 0.3 is 0 Å². The molecule has 0 amide bonds. The van der Waals surface area contributed by atoms with Crippen LogP contribution in [-0.4, -0.2) is 17.4 Å². The lowest BCUT2D eigenvalue weighted by Gasteiger charge is -2.07. The van der Waals surface area contributed by atoms with Gasteiger partial charge in [-0.05, 0) is 38.0 Å². The molecule has 92 valence electrons. The Morgan fingerprint density at radius 1 is 1.24 bits per heavy atom. The van der Waals surface area contributed by atoms with Gasteiger partial charge in [-0.25, -0.2) is 0 Å². The predicted molar refractivity (Wildman–Crippen MR) is 77.4 cm³/mol. The zero-order valence-electron chi connectivity index (χ0n) is 10.6. The van der Waals surface area contributed by atoms with Gasteiger partial charge in [-0.1, -0.05) is 36.8 Å². The Kier molecular flexibility index (Phi) is 5.63. The summed E-state index contributed by atoms with van der Waals surface area (Å²) in [6, 6.07) is 8.33. The van der Waals surface area contributed by atoms with Crippen molar-refractivity contribution in [2.45, 2.75) is 27.2 Å². The third-order valence-corrected chi connectivity index (χ3v) is 2.59. The topological polar surface area (TPSA) is 36.4 Å². The zero-order valence-corrected chi connectivity index (χ0v) is 11.4. The Bertz CT molecular complexity index is 396. The summed E-state index contributed by atoms with van der Waals surface area (Å²) in [6.07, 6.45) is 0.866. The minimum absolute atomic E-state index is 0.561. The van der Waals surface area contributed by atoms with Crippen molar-refractivity contribution in [2.24, 2.45) is 5.10 Å². The molecule has 0 radical (unpaired) electrons. The molecule has 0 fully saturated rings. The standard InChI is InChI=1S/C13H19N3S/c1-4-12(15-16-13(17)14-5-2)11-8-6-10(3)7-9-11/h6-9H,4-5H2,1-3H3,(H2,14,16,17)/b15-12-. The number of thiocarbonyl (C=S) groups is 1. The molecule has 0 spiro atoms. The molecule has 0 unspecified atom stereocenters. The highest BCUT2D eigenvalue weighted by Crippen LogP contribution is 2.06. The average Bonchev–Trinajstić information content (AvgIpc) is 2.32. The van der Waals surface area contributed by atoms with Crippen LogP contribution in [-0.2, 0) is 0 Å². The number of hydrogen-bond acceptors (Lipinski definition) is 2. The second-order valence-corrected chi connectivity index (χ2v) is 4.16. The fraction of sp³-hybridized carbons (Fsp3) is 0.385. The number of hydrogen-bond donors (Lipinski definition) is 2. The minimum atomic E-state index is 0.561. The summed E-state index contributed by atoms with van der Waals surface area (Å²) < 4.78 is 0. The van der Waals surface area contributed by atoms with Gasteiger partial charge in [-0.2, -0.15) is 5.10 Å². The fourth-order valence-corrected chi connectivity index (χ4v) is 1.60. The van der Waals surface area contributed by atoms with Gasteiger partial charge in [0, 0.05) is 6.54 Å². The van der Waals surface area contributed by atoms with Crippen LogP contribution in [0.25, 0.3) is 0 Å². The van der Waals surface area contributed by atoms with E-state index in [-0.39, 0.29) is 0 Å². The van der Waals surface area contributed by atoms with Crippen LogP contribution >= 0.6 is 12.2 Å². The highest BCUT2D eigenvalue weighted by atomic mass is 32.1. The van der Waals surface area contributed by atoms with Crippen molar-refractivity contribution >= 4 is 23.0 Å². The maximum Gasteiger partial charge on any atom is 0.186 e. The van der Waals surface area contributed by atoms with E-state index in [1.807, 2.05) is 6.92 Å². The first-order valence-corrected chi connectivity index (χ1v) is 6.25. The summed E-state index contributed by atoms with van der Waals surface area (Å²) in [7, 11) is 0. The molecule has 0 aliphatic rings. The Labute approximate surface area is 108 Å². The molecule has 2 N–H and O–H groups in total. The molecule has 0 heterocycles. The monoisotopic (exact) mass is 249 g/mol. The van der Waals surface area contributed by atoms with E-state index >= 15 is 0 Å². The maximum absolute atomic E-state index is 5.06. The highest BCUT2D eigenvalue weighted by molar-refractivity contribution is 7.80. The summed E-state index contributed by atoms with van der Waals surface area (Å²) in [4.78, 5) is 0. The Morgan fingerprint density at radius 3 is 2.41 bits per heavy atom. The molecule has 1 aromatic rings. The van der Waals surface area contributed by atoms with Crippen molar-refractivity contribution in [3.63, 3.8) is 0 Å². The Morgan fingerprint density at radius 2 is 1.88 bits per heavy atom. The summed E-state index contributed by atoms with van der Waals surface area (Å²) in [5, 5.41) is 7.88. The van der Waals surface area contributed by atoms with Crippen molar-refractivity contribution in [1.82, 2.24) is 10.7 Å². The molecular weight excluding hydrogens is 230 g/mol. The predicted octanol–water partition coefficient (Wildman–Crippen LogP) is 2.59. The first-order valence-electron chi connectivity index (χ1n) is 5.84. The van der Waals surface area contributed by atoms with E-state index in [1.54, 1.807) is 0 Å². The van der Waals surface area contributed by atoms with E-state index in [0.717, 1.165) is 24.2 Å². The van der Waals surface area contributed by atoms with E-state index in [2.05, 4.69) is 54.0 Å². The van der Waals surface area contributed by atoms with Crippen LogP contribution in [0, 0.1) is 6.92 Å². The van der Waals surface area contributed by atoms with Crippen LogP contribution < -0.4 is 10.7 Å². The van der Waals surface area contributed by atoms with E-state index in [0.29, 0.717) is 5.11 Å². The third-order valence-electron chi connectivity index (χ3n) is 2.35. The number of hydrazone groups is 1. The minimum Gasteiger partial charge on any atom is -0.362 e. The second kappa shape index (κ2) is 7.01. The maximum atomic E-state index is 5.06.